The van der Waals surface area contributed by atoms with Crippen LogP contribution in [-0.4, -0.2) is 10.9 Å². The molecule has 0 unspecified atom stereocenters. The second-order valence-electron chi connectivity index (χ2n) is 8.69. The summed E-state index contributed by atoms with van der Waals surface area (Å²) in [7, 11) is 0. The first-order chi connectivity index (χ1) is 18.5. The topological polar surface area (TPSA) is 76.4 Å². The lowest BCUT2D eigenvalue weighted by molar-refractivity contribution is 0.102. The Morgan fingerprint density at radius 3 is 2.54 bits per heavy atom. The molecular formula is C31H23N3O3. The number of hydrogen-bond donors (Lipinski definition) is 2. The number of carbonyl (C=O) groups excluding carboxylic acids is 1. The molecule has 6 rings (SSSR count). The van der Waals surface area contributed by atoms with Crippen LogP contribution in [-0.2, 0) is 0 Å². The first kappa shape index (κ1) is 21.2. The molecule has 1 amide bonds. The second kappa shape index (κ2) is 9.51. The molecule has 1 aliphatic heterocycles. The quantitative estimate of drug-likeness (QED) is 0.269. The van der Waals surface area contributed by atoms with Crippen molar-refractivity contribution in [1.29, 1.82) is 0 Å². The molecule has 0 radical (unpaired) electrons. The predicted molar refractivity (Wildman–Crippen MR) is 146 cm³/mol. The van der Waals surface area contributed by atoms with Crippen molar-refractivity contribution < 1.29 is 15.4 Å². The predicted octanol–water partition coefficient (Wildman–Crippen LogP) is 7.50. The summed E-state index contributed by atoms with van der Waals surface area (Å²) in [5, 5.41) is 4.03. The number of nitrogens with zero attached hydrogens (tertiary/aromatic N) is 1. The summed E-state index contributed by atoms with van der Waals surface area (Å²) in [5.41, 5.74) is 6.07. The molecule has 0 spiro atoms. The van der Waals surface area contributed by atoms with Gasteiger partial charge in [-0.2, -0.15) is 0 Å². The van der Waals surface area contributed by atoms with E-state index >= 15 is 0 Å². The van der Waals surface area contributed by atoms with E-state index < -0.39 is 0 Å². The largest absolute Gasteiger partial charge is 0.439 e. The summed E-state index contributed by atoms with van der Waals surface area (Å²) in [6.45, 7) is 1.89. The maximum atomic E-state index is 12.7. The molecule has 2 heterocycles. The highest BCUT2D eigenvalue weighted by atomic mass is 16.5. The Hall–Kier alpha value is -5.10. The Morgan fingerprint density at radius 2 is 1.73 bits per heavy atom. The molecule has 37 heavy (non-hydrogen) atoms. The summed E-state index contributed by atoms with van der Waals surface area (Å²) in [6.07, 6.45) is 3.54. The Labute approximate surface area is 215 Å². The number of allylic oxidation sites excluding steroid dienone is 2. The Kier molecular flexibility index (Phi) is 5.45. The molecule has 180 valence electrons. The fourth-order valence-corrected chi connectivity index (χ4v) is 4.12. The summed E-state index contributed by atoms with van der Waals surface area (Å²) in [6, 6.07) is 30.3. The van der Waals surface area contributed by atoms with Gasteiger partial charge in [0, 0.05) is 23.4 Å². The van der Waals surface area contributed by atoms with Crippen molar-refractivity contribution in [1.82, 2.24) is 4.98 Å². The number of nitrogens with one attached hydrogen (secondary N) is 2. The van der Waals surface area contributed by atoms with Gasteiger partial charge in [-0.1, -0.05) is 54.6 Å². The third-order valence-electron chi connectivity index (χ3n) is 5.91. The van der Waals surface area contributed by atoms with Crippen LogP contribution in [0.5, 0.6) is 5.75 Å². The highest BCUT2D eigenvalue weighted by Crippen LogP contribution is 2.35. The standard InChI is InChI=1S/C31H23N3O3/c1-20(16-29-33-25-18-22(12-14-27(25)36-29)21-8-4-2-5-9-21)17-30-34-26-19-23(13-15-28(26)37-30)31(35)32-24-10-6-3-7-11-24/h2-19,34H,1H3,(H,32,35)/i/hD. The highest BCUT2D eigenvalue weighted by molar-refractivity contribution is 6.05. The van der Waals surface area contributed by atoms with E-state index in [1.54, 1.807) is 30.4 Å². The van der Waals surface area contributed by atoms with E-state index in [4.69, 9.17) is 10.6 Å². The van der Waals surface area contributed by atoms with Gasteiger partial charge in [0.25, 0.3) is 5.91 Å². The lowest BCUT2D eigenvalue weighted by Gasteiger charge is -2.05. The Bertz CT molecular complexity index is 1710. The number of amides is 1. The number of carbonyl (C=O) groups is 1. The monoisotopic (exact) mass is 486 g/mol. The number of hydrogen-bond acceptors (Lipinski definition) is 5. The molecule has 0 bridgehead atoms. The van der Waals surface area contributed by atoms with Crippen LogP contribution in [0.1, 0.15) is 23.2 Å². The zero-order chi connectivity index (χ0) is 26.1. The van der Waals surface area contributed by atoms with E-state index in [2.05, 4.69) is 22.4 Å². The average molecular weight is 487 g/mol. The number of ether oxygens (including phenoxy) is 1. The third-order valence-corrected chi connectivity index (χ3v) is 5.91. The van der Waals surface area contributed by atoms with Gasteiger partial charge in [-0.05, 0) is 66.1 Å². The minimum atomic E-state index is -0.257. The molecule has 4 aromatic carbocycles. The number of benzene rings is 4. The molecule has 0 saturated carbocycles. The van der Waals surface area contributed by atoms with Crippen molar-refractivity contribution in [3.05, 3.63) is 126 Å². The number of aromatic nitrogens is 1. The normalized spacial score (nSPS) is 14.4. The van der Waals surface area contributed by atoms with Crippen LogP contribution in [0.3, 0.4) is 0 Å². The minimum absolute atomic E-state index is 0.257. The molecule has 0 saturated heterocycles. The fourth-order valence-electron chi connectivity index (χ4n) is 4.12. The molecule has 0 atom stereocenters. The Balaban J connectivity index is 1.20. The zero-order valence-corrected chi connectivity index (χ0v) is 20.0. The number of fused-ring (bicyclic) bond motifs is 2. The van der Waals surface area contributed by atoms with Gasteiger partial charge in [0.15, 0.2) is 18.6 Å². The number of anilines is 2. The van der Waals surface area contributed by atoms with Crippen LogP contribution >= 0.6 is 0 Å². The molecule has 2 N–H and O–H groups in total. The first-order valence-electron chi connectivity index (χ1n) is 12.3. The van der Waals surface area contributed by atoms with Crippen molar-refractivity contribution in [3.63, 3.8) is 0 Å². The summed E-state index contributed by atoms with van der Waals surface area (Å²) >= 11 is 0. The van der Waals surface area contributed by atoms with Gasteiger partial charge < -0.3 is 19.8 Å². The van der Waals surface area contributed by atoms with Gasteiger partial charge in [-0.3, -0.25) is 4.79 Å². The molecule has 1 aliphatic rings. The van der Waals surface area contributed by atoms with E-state index in [-0.39, 0.29) is 5.91 Å². The molecule has 6 nitrogen and oxygen atoms in total. The lowest BCUT2D eigenvalue weighted by Crippen LogP contribution is -2.11. The van der Waals surface area contributed by atoms with Crippen molar-refractivity contribution >= 4 is 34.5 Å². The first-order valence-corrected chi connectivity index (χ1v) is 11.9. The second-order valence-corrected chi connectivity index (χ2v) is 8.69. The molecule has 0 aliphatic carbocycles. The number of rotatable bonds is 5. The van der Waals surface area contributed by atoms with Crippen molar-refractivity contribution in [2.45, 2.75) is 6.92 Å². The smallest absolute Gasteiger partial charge is 0.255 e. The molecule has 0 fully saturated rings. The molecule has 6 heteroatoms. The highest BCUT2D eigenvalue weighted by Gasteiger charge is 2.19. The van der Waals surface area contributed by atoms with E-state index in [0.717, 1.165) is 22.2 Å². The van der Waals surface area contributed by atoms with Crippen LogP contribution in [0, 0.1) is 0 Å². The lowest BCUT2D eigenvalue weighted by atomic mass is 10.1. The summed E-state index contributed by atoms with van der Waals surface area (Å²) in [4.78, 5) is 17.3. The number of oxazole rings is 1. The van der Waals surface area contributed by atoms with Crippen molar-refractivity contribution in [2.75, 3.05) is 10.6 Å². The third kappa shape index (κ3) is 4.86. The van der Waals surface area contributed by atoms with E-state index in [0.29, 0.717) is 40.0 Å². The molecule has 5 aromatic rings. The zero-order valence-electron chi connectivity index (χ0n) is 21.0. The van der Waals surface area contributed by atoms with Gasteiger partial charge >= 0.3 is 0 Å². The van der Waals surface area contributed by atoms with Crippen LogP contribution in [0.25, 0.3) is 28.3 Å². The SMILES string of the molecule is [2H]N1C(=CC(C)=Cc2nc3cc(-c4ccccc4)ccc3o2)Oc2ccc(C(=O)Nc3ccccc3)cc21. The minimum Gasteiger partial charge on any atom is -0.439 e. The van der Waals surface area contributed by atoms with Crippen LogP contribution in [0.15, 0.2) is 119 Å². The van der Waals surface area contributed by atoms with Gasteiger partial charge in [-0.15, -0.1) is 0 Å². The van der Waals surface area contributed by atoms with Gasteiger partial charge in [-0.25, -0.2) is 4.98 Å². The maximum absolute atomic E-state index is 12.7. The Morgan fingerprint density at radius 1 is 0.946 bits per heavy atom. The maximum Gasteiger partial charge on any atom is 0.255 e. The van der Waals surface area contributed by atoms with E-state index in [1.807, 2.05) is 73.7 Å². The van der Waals surface area contributed by atoms with Crippen molar-refractivity contribution in [2.24, 2.45) is 0 Å². The molecular weight excluding hydrogens is 462 g/mol. The van der Waals surface area contributed by atoms with Crippen molar-refractivity contribution in [3.8, 4) is 16.9 Å². The van der Waals surface area contributed by atoms with E-state index in [9.17, 15) is 4.79 Å². The van der Waals surface area contributed by atoms with Gasteiger partial charge in [0.05, 0.1) is 5.69 Å². The van der Waals surface area contributed by atoms with Crippen LogP contribution in [0.2, 0.25) is 1.41 Å². The van der Waals surface area contributed by atoms with Crippen LogP contribution < -0.4 is 15.4 Å². The number of para-hydroxylation sites is 1. The van der Waals surface area contributed by atoms with Gasteiger partial charge in [0.1, 0.15) is 5.52 Å². The van der Waals surface area contributed by atoms with E-state index in [1.165, 1.54) is 5.31 Å². The fraction of sp³-hybridized carbons (Fsp3) is 0.0323. The van der Waals surface area contributed by atoms with Crippen LogP contribution in [0.4, 0.5) is 11.4 Å². The summed E-state index contributed by atoms with van der Waals surface area (Å²) in [5.74, 6) is 1.03. The molecule has 1 aromatic heterocycles. The average Bonchev–Trinajstić information content (AvgIpc) is 3.48. The summed E-state index contributed by atoms with van der Waals surface area (Å²) < 4.78 is 20.3. The van der Waals surface area contributed by atoms with Gasteiger partial charge in [0.2, 0.25) is 5.89 Å².